The number of fused-ring (bicyclic) bond motifs is 5. The maximum atomic E-state index is 13.5. The van der Waals surface area contributed by atoms with E-state index in [4.69, 9.17) is 4.98 Å². The molecule has 0 spiro atoms. The van der Waals surface area contributed by atoms with E-state index in [2.05, 4.69) is 26.1 Å². The second kappa shape index (κ2) is 5.63. The van der Waals surface area contributed by atoms with Crippen molar-refractivity contribution in [2.24, 2.45) is 0 Å². The molecule has 4 aromatic rings. The van der Waals surface area contributed by atoms with Crippen LogP contribution in [0.1, 0.15) is 24.0 Å². The summed E-state index contributed by atoms with van der Waals surface area (Å²) in [5, 5.41) is 9.60. The number of H-pyrrole nitrogens is 1. The number of hydrogen-bond acceptors (Lipinski definition) is 2. The molecule has 2 aromatic carbocycles. The lowest BCUT2D eigenvalue weighted by molar-refractivity contribution is 0.627. The van der Waals surface area contributed by atoms with E-state index in [1.807, 2.05) is 24.4 Å². The molecule has 3 nitrogen and oxygen atoms in total. The second-order valence-electron chi connectivity index (χ2n) is 6.54. The van der Waals surface area contributed by atoms with Crippen molar-refractivity contribution in [3.05, 3.63) is 57.9 Å². The zero-order valence-electron chi connectivity index (χ0n) is 13.4. The molecule has 0 unspecified atom stereocenters. The lowest BCUT2D eigenvalue weighted by atomic mass is 9.85. The Kier molecular flexibility index (Phi) is 3.38. The van der Waals surface area contributed by atoms with Crippen LogP contribution in [0.5, 0.6) is 0 Å². The van der Waals surface area contributed by atoms with Crippen LogP contribution in [0.4, 0.5) is 4.39 Å². The molecule has 2 aromatic heterocycles. The van der Waals surface area contributed by atoms with Crippen LogP contribution in [0.15, 0.2) is 41.0 Å². The zero-order chi connectivity index (χ0) is 17.0. The van der Waals surface area contributed by atoms with E-state index in [0.29, 0.717) is 0 Å². The molecule has 0 saturated heterocycles. The normalized spacial score (nSPS) is 14.2. The molecular weight excluding hydrogens is 381 g/mol. The minimum atomic E-state index is -0.245. The van der Waals surface area contributed by atoms with Crippen LogP contribution in [0.2, 0.25) is 0 Å². The second-order valence-corrected chi connectivity index (χ2v) is 7.39. The smallest absolute Gasteiger partial charge is 0.124 e. The first kappa shape index (κ1) is 15.0. The molecule has 25 heavy (non-hydrogen) atoms. The van der Waals surface area contributed by atoms with E-state index in [-0.39, 0.29) is 5.82 Å². The number of aromatic nitrogens is 3. The van der Waals surface area contributed by atoms with Gasteiger partial charge in [0.05, 0.1) is 22.9 Å². The number of rotatable bonds is 1. The fraction of sp³-hybridized carbons (Fsp3) is 0.200. The summed E-state index contributed by atoms with van der Waals surface area (Å²) >= 11 is 3.51. The molecule has 1 aliphatic carbocycles. The Morgan fingerprint density at radius 2 is 1.88 bits per heavy atom. The molecule has 0 amide bonds. The van der Waals surface area contributed by atoms with E-state index >= 15 is 0 Å². The molecule has 0 radical (unpaired) electrons. The summed E-state index contributed by atoms with van der Waals surface area (Å²) < 4.78 is 14.3. The van der Waals surface area contributed by atoms with Crippen molar-refractivity contribution in [1.29, 1.82) is 0 Å². The van der Waals surface area contributed by atoms with Crippen LogP contribution in [0.3, 0.4) is 0 Å². The van der Waals surface area contributed by atoms with E-state index in [1.165, 1.54) is 35.1 Å². The number of hydrogen-bond donors (Lipinski definition) is 1. The van der Waals surface area contributed by atoms with Crippen LogP contribution in [0.25, 0.3) is 33.1 Å². The Morgan fingerprint density at radius 1 is 1.04 bits per heavy atom. The summed E-state index contributed by atoms with van der Waals surface area (Å²) in [4.78, 5) is 4.98. The van der Waals surface area contributed by atoms with Gasteiger partial charge in [-0.2, -0.15) is 5.10 Å². The monoisotopic (exact) mass is 395 g/mol. The van der Waals surface area contributed by atoms with Gasteiger partial charge in [-0.1, -0.05) is 0 Å². The first-order chi connectivity index (χ1) is 12.2. The average molecular weight is 396 g/mol. The van der Waals surface area contributed by atoms with Crippen molar-refractivity contribution in [3.8, 4) is 11.3 Å². The number of benzene rings is 2. The third kappa shape index (κ3) is 2.29. The quantitative estimate of drug-likeness (QED) is 0.458. The van der Waals surface area contributed by atoms with Crippen LogP contribution in [0, 0.1) is 5.82 Å². The number of nitrogens with zero attached hydrogens (tertiary/aromatic N) is 2. The highest BCUT2D eigenvalue weighted by molar-refractivity contribution is 9.10. The van der Waals surface area contributed by atoms with Gasteiger partial charge >= 0.3 is 0 Å². The fourth-order valence-corrected chi connectivity index (χ4v) is 4.49. The SMILES string of the molecule is Fc1ccc(-c2nc3ccc4[nH]ncc4c3c3c2CCCC3)c(Br)c1. The highest BCUT2D eigenvalue weighted by atomic mass is 79.9. The third-order valence-electron chi connectivity index (χ3n) is 5.08. The highest BCUT2D eigenvalue weighted by Crippen LogP contribution is 2.39. The standard InChI is InChI=1S/C20H15BrFN3/c21-16-9-11(22)5-6-14(16)20-13-4-2-1-3-12(13)19-15-10-23-25-17(15)7-8-18(19)24-20/h5-10H,1-4H2,(H,23,25). The van der Waals surface area contributed by atoms with Crippen molar-refractivity contribution >= 4 is 37.7 Å². The zero-order valence-corrected chi connectivity index (χ0v) is 15.0. The minimum Gasteiger partial charge on any atom is -0.278 e. The van der Waals surface area contributed by atoms with E-state index < -0.39 is 0 Å². The van der Waals surface area contributed by atoms with E-state index in [9.17, 15) is 4.39 Å². The fourth-order valence-electron chi connectivity index (χ4n) is 3.95. The maximum Gasteiger partial charge on any atom is 0.124 e. The molecule has 0 aliphatic heterocycles. The van der Waals surface area contributed by atoms with Gasteiger partial charge in [-0.25, -0.2) is 9.37 Å². The number of aromatic amines is 1. The number of halogens is 2. The molecule has 1 aliphatic rings. The van der Waals surface area contributed by atoms with Gasteiger partial charge in [0, 0.05) is 20.8 Å². The summed E-state index contributed by atoms with van der Waals surface area (Å²) in [6.07, 6.45) is 6.29. The predicted molar refractivity (Wildman–Crippen MR) is 101 cm³/mol. The highest BCUT2D eigenvalue weighted by Gasteiger charge is 2.22. The summed E-state index contributed by atoms with van der Waals surface area (Å²) in [6, 6.07) is 8.90. The van der Waals surface area contributed by atoms with Crippen molar-refractivity contribution in [1.82, 2.24) is 15.2 Å². The van der Waals surface area contributed by atoms with Gasteiger partial charge in [0.15, 0.2) is 0 Å². The molecule has 5 rings (SSSR count). The topological polar surface area (TPSA) is 41.6 Å². The number of pyridine rings is 1. The van der Waals surface area contributed by atoms with E-state index in [0.717, 1.165) is 51.4 Å². The summed E-state index contributed by atoms with van der Waals surface area (Å²) in [5.41, 5.74) is 6.60. The van der Waals surface area contributed by atoms with Gasteiger partial charge in [0.25, 0.3) is 0 Å². The van der Waals surface area contributed by atoms with Gasteiger partial charge in [0.2, 0.25) is 0 Å². The molecular formula is C20H15BrFN3. The lowest BCUT2D eigenvalue weighted by Gasteiger charge is -2.22. The molecule has 0 atom stereocenters. The van der Waals surface area contributed by atoms with Crippen LogP contribution in [-0.4, -0.2) is 15.2 Å². The van der Waals surface area contributed by atoms with Gasteiger partial charge in [-0.3, -0.25) is 5.10 Å². The third-order valence-corrected chi connectivity index (χ3v) is 5.73. The molecule has 0 saturated carbocycles. The first-order valence-electron chi connectivity index (χ1n) is 8.45. The Hall–Kier alpha value is -2.27. The molecule has 2 heterocycles. The Labute approximate surface area is 152 Å². The minimum absolute atomic E-state index is 0.245. The Morgan fingerprint density at radius 3 is 2.72 bits per heavy atom. The Balaban J connectivity index is 1.90. The van der Waals surface area contributed by atoms with Crippen molar-refractivity contribution in [3.63, 3.8) is 0 Å². The number of nitrogens with one attached hydrogen (secondary N) is 1. The molecule has 5 heteroatoms. The summed E-state index contributed by atoms with van der Waals surface area (Å²) in [7, 11) is 0. The van der Waals surface area contributed by atoms with Gasteiger partial charge in [-0.15, -0.1) is 0 Å². The van der Waals surface area contributed by atoms with Gasteiger partial charge in [0.1, 0.15) is 5.82 Å². The lowest BCUT2D eigenvalue weighted by Crippen LogP contribution is -2.08. The van der Waals surface area contributed by atoms with Crippen LogP contribution in [-0.2, 0) is 12.8 Å². The molecule has 1 N–H and O–H groups in total. The first-order valence-corrected chi connectivity index (χ1v) is 9.24. The maximum absolute atomic E-state index is 13.5. The van der Waals surface area contributed by atoms with Crippen LogP contribution >= 0.6 is 15.9 Å². The van der Waals surface area contributed by atoms with Gasteiger partial charge < -0.3 is 0 Å². The summed E-state index contributed by atoms with van der Waals surface area (Å²) in [6.45, 7) is 0. The average Bonchev–Trinajstić information content (AvgIpc) is 3.10. The van der Waals surface area contributed by atoms with Crippen molar-refractivity contribution in [2.75, 3.05) is 0 Å². The van der Waals surface area contributed by atoms with Crippen LogP contribution < -0.4 is 0 Å². The summed E-state index contributed by atoms with van der Waals surface area (Å²) in [5.74, 6) is -0.245. The van der Waals surface area contributed by atoms with E-state index in [1.54, 1.807) is 0 Å². The van der Waals surface area contributed by atoms with Crippen molar-refractivity contribution in [2.45, 2.75) is 25.7 Å². The molecule has 0 fully saturated rings. The number of aryl methyl sites for hydroxylation is 1. The largest absolute Gasteiger partial charge is 0.278 e. The molecule has 124 valence electrons. The predicted octanol–water partition coefficient (Wildman–Crippen LogP) is 5.56. The Bertz CT molecular complexity index is 1130. The van der Waals surface area contributed by atoms with Crippen molar-refractivity contribution < 1.29 is 4.39 Å². The molecule has 0 bridgehead atoms. The van der Waals surface area contributed by atoms with Gasteiger partial charge in [-0.05, 0) is 83.1 Å².